The zero-order valence-corrected chi connectivity index (χ0v) is 10.1. The lowest BCUT2D eigenvalue weighted by Crippen LogP contribution is -2.17. The molecular weight excluding hydrogens is 208 g/mol. The Morgan fingerprint density at radius 3 is 2.73 bits per heavy atom. The van der Waals surface area contributed by atoms with Gasteiger partial charge in [-0.3, -0.25) is 0 Å². The van der Waals surface area contributed by atoms with E-state index >= 15 is 0 Å². The molecule has 0 radical (unpaired) electrons. The number of halogens is 1. The largest absolute Gasteiger partial charge is 0.381 e. The summed E-state index contributed by atoms with van der Waals surface area (Å²) in [4.78, 5) is 0. The Balaban J connectivity index is 3.04. The van der Waals surface area contributed by atoms with E-state index in [0.29, 0.717) is 0 Å². The maximum atomic E-state index is 6.29. The fourth-order valence-corrected chi connectivity index (χ4v) is 2.02. The minimum atomic E-state index is 0.227. The molecule has 0 amide bonds. The summed E-state index contributed by atoms with van der Waals surface area (Å²) in [5.74, 6) is 0. The van der Waals surface area contributed by atoms with E-state index in [9.17, 15) is 0 Å². The molecule has 0 aromatic rings. The highest BCUT2D eigenvalue weighted by atomic mass is 35.5. The summed E-state index contributed by atoms with van der Waals surface area (Å²) in [5, 5.41) is 0.848. The van der Waals surface area contributed by atoms with E-state index in [2.05, 4.69) is 6.58 Å². The summed E-state index contributed by atoms with van der Waals surface area (Å²) in [5.41, 5.74) is 2.25. The SMILES string of the molecule is C=C/C=C1\CC(OC)CC(/C=C/C)=C1Cl. The molecule has 0 N–H and O–H groups in total. The van der Waals surface area contributed by atoms with Crippen LogP contribution in [0.25, 0.3) is 0 Å². The Labute approximate surface area is 96.8 Å². The van der Waals surface area contributed by atoms with Gasteiger partial charge in [0.05, 0.1) is 6.10 Å². The van der Waals surface area contributed by atoms with E-state index in [1.165, 1.54) is 0 Å². The van der Waals surface area contributed by atoms with Crippen LogP contribution < -0.4 is 0 Å². The van der Waals surface area contributed by atoms with Crippen molar-refractivity contribution in [1.29, 1.82) is 0 Å². The van der Waals surface area contributed by atoms with Gasteiger partial charge in [-0.15, -0.1) is 0 Å². The maximum absolute atomic E-state index is 6.29. The molecule has 0 aromatic heterocycles. The Morgan fingerprint density at radius 2 is 2.20 bits per heavy atom. The van der Waals surface area contributed by atoms with E-state index in [1.807, 2.05) is 25.2 Å². The van der Waals surface area contributed by atoms with Crippen molar-refractivity contribution < 1.29 is 4.74 Å². The molecule has 1 aliphatic rings. The predicted molar refractivity (Wildman–Crippen MR) is 66.0 cm³/mol. The molecule has 1 aliphatic carbocycles. The van der Waals surface area contributed by atoms with Crippen LogP contribution in [0, 0.1) is 0 Å². The minimum Gasteiger partial charge on any atom is -0.381 e. The molecule has 0 spiro atoms. The number of rotatable bonds is 3. The van der Waals surface area contributed by atoms with Crippen molar-refractivity contribution in [3.8, 4) is 0 Å². The first-order valence-electron chi connectivity index (χ1n) is 5.09. The molecule has 0 aliphatic heterocycles. The van der Waals surface area contributed by atoms with Crippen LogP contribution in [0.15, 0.2) is 47.1 Å². The average molecular weight is 225 g/mol. The molecule has 1 atom stereocenters. The van der Waals surface area contributed by atoms with Gasteiger partial charge >= 0.3 is 0 Å². The summed E-state index contributed by atoms with van der Waals surface area (Å²) in [6.45, 7) is 5.69. The monoisotopic (exact) mass is 224 g/mol. The third-order valence-electron chi connectivity index (χ3n) is 2.48. The first-order valence-corrected chi connectivity index (χ1v) is 5.46. The molecule has 15 heavy (non-hydrogen) atoms. The fraction of sp³-hybridized carbons (Fsp3) is 0.385. The van der Waals surface area contributed by atoms with Crippen LogP contribution in [0.1, 0.15) is 19.8 Å². The van der Waals surface area contributed by atoms with Crippen molar-refractivity contribution in [2.45, 2.75) is 25.9 Å². The second-order valence-electron chi connectivity index (χ2n) is 3.53. The van der Waals surface area contributed by atoms with E-state index < -0.39 is 0 Å². The van der Waals surface area contributed by atoms with Crippen molar-refractivity contribution in [1.82, 2.24) is 0 Å². The van der Waals surface area contributed by atoms with Crippen molar-refractivity contribution >= 4 is 11.6 Å². The van der Waals surface area contributed by atoms with Crippen LogP contribution in [0.3, 0.4) is 0 Å². The summed E-state index contributed by atoms with van der Waals surface area (Å²) >= 11 is 6.29. The van der Waals surface area contributed by atoms with Crippen molar-refractivity contribution in [3.63, 3.8) is 0 Å². The van der Waals surface area contributed by atoms with Crippen molar-refractivity contribution in [2.75, 3.05) is 7.11 Å². The normalized spacial score (nSPS) is 25.3. The molecule has 0 bridgehead atoms. The predicted octanol–water partition coefficient (Wildman–Crippen LogP) is 3.98. The molecule has 1 unspecified atom stereocenters. The average Bonchev–Trinajstić information content (AvgIpc) is 2.24. The Bertz CT molecular complexity index is 323. The number of allylic oxidation sites excluding steroid dienone is 5. The lowest BCUT2D eigenvalue weighted by atomic mass is 9.92. The topological polar surface area (TPSA) is 9.23 Å². The number of hydrogen-bond donors (Lipinski definition) is 0. The van der Waals surface area contributed by atoms with Crippen LogP contribution in [0.2, 0.25) is 0 Å². The van der Waals surface area contributed by atoms with Crippen LogP contribution >= 0.6 is 11.6 Å². The second kappa shape index (κ2) is 5.94. The van der Waals surface area contributed by atoms with Gasteiger partial charge in [-0.25, -0.2) is 0 Å². The Morgan fingerprint density at radius 1 is 1.47 bits per heavy atom. The molecule has 1 nitrogen and oxygen atoms in total. The van der Waals surface area contributed by atoms with Gasteiger partial charge in [-0.05, 0) is 18.1 Å². The number of hydrogen-bond acceptors (Lipinski definition) is 1. The molecule has 0 saturated carbocycles. The molecule has 0 fully saturated rings. The van der Waals surface area contributed by atoms with Gasteiger partial charge in [0, 0.05) is 25.0 Å². The molecule has 1 rings (SSSR count). The number of methoxy groups -OCH3 is 1. The van der Waals surface area contributed by atoms with Crippen molar-refractivity contribution in [2.24, 2.45) is 0 Å². The van der Waals surface area contributed by atoms with E-state index in [0.717, 1.165) is 29.0 Å². The highest BCUT2D eigenvalue weighted by Gasteiger charge is 2.21. The van der Waals surface area contributed by atoms with Gasteiger partial charge in [0.15, 0.2) is 0 Å². The Hall–Kier alpha value is -0.790. The quantitative estimate of drug-likeness (QED) is 0.705. The first kappa shape index (κ1) is 12.3. The van der Waals surface area contributed by atoms with E-state index in [4.69, 9.17) is 16.3 Å². The lowest BCUT2D eigenvalue weighted by Gasteiger charge is -2.24. The van der Waals surface area contributed by atoms with Crippen molar-refractivity contribution in [3.05, 3.63) is 47.1 Å². The summed E-state index contributed by atoms with van der Waals surface area (Å²) < 4.78 is 5.39. The van der Waals surface area contributed by atoms with Crippen LogP contribution in [0.5, 0.6) is 0 Å². The summed E-state index contributed by atoms with van der Waals surface area (Å²) in [7, 11) is 1.74. The molecule has 0 heterocycles. The molecule has 0 saturated heterocycles. The molecule has 82 valence electrons. The zero-order chi connectivity index (χ0) is 11.3. The fourth-order valence-electron chi connectivity index (χ4n) is 1.74. The minimum absolute atomic E-state index is 0.227. The standard InChI is InChI=1S/C13H17ClO/c1-4-6-10-8-12(15-3)9-11(7-5-2)13(10)14/h4-7,12H,1,8-9H2,2-3H3/b7-5+,10-6+. The first-order chi connectivity index (χ1) is 7.22. The van der Waals surface area contributed by atoms with Gasteiger partial charge in [-0.2, -0.15) is 0 Å². The summed E-state index contributed by atoms with van der Waals surface area (Å²) in [6.07, 6.45) is 9.74. The second-order valence-corrected chi connectivity index (χ2v) is 3.91. The van der Waals surface area contributed by atoms with E-state index in [1.54, 1.807) is 13.2 Å². The van der Waals surface area contributed by atoms with Crippen LogP contribution in [0.4, 0.5) is 0 Å². The summed E-state index contributed by atoms with van der Waals surface area (Å²) in [6, 6.07) is 0. The highest BCUT2D eigenvalue weighted by molar-refractivity contribution is 6.32. The van der Waals surface area contributed by atoms with Crippen LogP contribution in [-0.4, -0.2) is 13.2 Å². The maximum Gasteiger partial charge on any atom is 0.0653 e. The molecular formula is C13H17ClO. The van der Waals surface area contributed by atoms with Gasteiger partial charge in [0.25, 0.3) is 0 Å². The highest BCUT2D eigenvalue weighted by Crippen LogP contribution is 2.34. The number of ether oxygens (including phenoxy) is 1. The third-order valence-corrected chi connectivity index (χ3v) is 2.96. The molecule has 2 heteroatoms. The zero-order valence-electron chi connectivity index (χ0n) is 9.29. The molecule has 0 aromatic carbocycles. The van der Waals surface area contributed by atoms with Crippen LogP contribution in [-0.2, 0) is 4.74 Å². The van der Waals surface area contributed by atoms with E-state index in [-0.39, 0.29) is 6.10 Å². The third kappa shape index (κ3) is 3.08. The smallest absolute Gasteiger partial charge is 0.0653 e. The Kier molecular flexibility index (Phi) is 4.86. The lowest BCUT2D eigenvalue weighted by molar-refractivity contribution is 0.102. The van der Waals surface area contributed by atoms with Gasteiger partial charge in [0.1, 0.15) is 0 Å². The van der Waals surface area contributed by atoms with Gasteiger partial charge < -0.3 is 4.74 Å². The van der Waals surface area contributed by atoms with Gasteiger partial charge in [0.2, 0.25) is 0 Å². The van der Waals surface area contributed by atoms with Gasteiger partial charge in [-0.1, -0.05) is 42.5 Å².